The largest absolute Gasteiger partial charge is 0.389 e. The van der Waals surface area contributed by atoms with Gasteiger partial charge >= 0.3 is 0 Å². The first-order valence-corrected chi connectivity index (χ1v) is 17.3. The molecule has 2 saturated heterocycles. The summed E-state index contributed by atoms with van der Waals surface area (Å²) in [5, 5.41) is 11.1. The van der Waals surface area contributed by atoms with Crippen molar-refractivity contribution in [1.29, 1.82) is 5.26 Å². The third kappa shape index (κ3) is 4.33. The van der Waals surface area contributed by atoms with Gasteiger partial charge in [-0.1, -0.05) is 42.8 Å². The summed E-state index contributed by atoms with van der Waals surface area (Å²) in [6.07, 6.45) is 10.2. The van der Waals surface area contributed by atoms with E-state index >= 15 is 4.39 Å². The second kappa shape index (κ2) is 10.7. The molecule has 0 spiro atoms. The van der Waals surface area contributed by atoms with Crippen molar-refractivity contribution in [3.05, 3.63) is 70.5 Å². The Morgan fingerprint density at radius 2 is 2.02 bits per heavy atom. The fourth-order valence-corrected chi connectivity index (χ4v) is 9.47. The molecule has 2 atom stereocenters. The van der Waals surface area contributed by atoms with Crippen LogP contribution >= 0.6 is 22.9 Å². The molecule has 5 heterocycles. The highest BCUT2D eigenvalue weighted by Crippen LogP contribution is 2.72. The number of thiophene rings is 1. The van der Waals surface area contributed by atoms with Crippen LogP contribution in [-0.2, 0) is 12.8 Å². The van der Waals surface area contributed by atoms with Crippen molar-refractivity contribution < 1.29 is 8.78 Å². The van der Waals surface area contributed by atoms with Crippen LogP contribution in [0.25, 0.3) is 32.1 Å². The lowest BCUT2D eigenvalue weighted by Crippen LogP contribution is -2.40. The first-order chi connectivity index (χ1) is 22.2. The predicted octanol–water partition coefficient (Wildman–Crippen LogP) is 8.34. The van der Waals surface area contributed by atoms with Crippen LogP contribution in [0.15, 0.2) is 36.9 Å². The SMILES string of the molecule is C=C1CC2CCCN2C1.C=CC1CCc2c(Cl)c(-c3ccc(F)c4sc(N)c(C#N)c34)c(F)c3nc(CC)nc(c23)N1C12CC1C2. The molecular formula is C36H35ClF2N6S. The maximum absolute atomic E-state index is 16.7. The lowest BCUT2D eigenvalue weighted by molar-refractivity contribution is 0.327. The number of fused-ring (bicyclic) bond motifs is 3. The fourth-order valence-electron chi connectivity index (χ4n) is 8.15. The van der Waals surface area contributed by atoms with Crippen molar-refractivity contribution in [2.75, 3.05) is 23.7 Å². The minimum absolute atomic E-state index is 0.0460. The van der Waals surface area contributed by atoms with Gasteiger partial charge in [-0.3, -0.25) is 4.90 Å². The number of nitrogens with two attached hydrogens (primary N) is 1. The quantitative estimate of drug-likeness (QED) is 0.222. The van der Waals surface area contributed by atoms with Crippen molar-refractivity contribution in [3.8, 4) is 17.2 Å². The van der Waals surface area contributed by atoms with E-state index in [0.717, 1.165) is 48.0 Å². The summed E-state index contributed by atoms with van der Waals surface area (Å²) in [7, 11) is 0. The van der Waals surface area contributed by atoms with E-state index in [-0.39, 0.29) is 48.3 Å². The molecule has 0 radical (unpaired) electrons. The number of hydrogen-bond acceptors (Lipinski definition) is 7. The Bertz CT molecular complexity index is 2010. The highest BCUT2D eigenvalue weighted by Gasteiger charge is 2.74. The van der Waals surface area contributed by atoms with Crippen LogP contribution in [-0.4, -0.2) is 45.6 Å². The van der Waals surface area contributed by atoms with Gasteiger partial charge in [-0.05, 0) is 74.6 Å². The van der Waals surface area contributed by atoms with E-state index in [1.807, 2.05) is 13.0 Å². The molecule has 2 unspecified atom stereocenters. The average molecular weight is 657 g/mol. The standard InChI is InChI=1S/C28H22ClF2N5S.C8H13N/c1-3-13-5-6-15-21-24(34-18(4-2)35-27(21)36(13)28-9-12(28)10-28)23(31)20(22(15)29)14-7-8-17(30)25-19(14)16(11-32)26(33)37-25;1-7-5-8-3-2-4-9(8)6-7/h3,7-8,12-13H,1,4-6,9-10,33H2,2H3;8H,1-6H2. The van der Waals surface area contributed by atoms with Crippen LogP contribution in [0.1, 0.15) is 62.4 Å². The molecule has 2 N–H and O–H groups in total. The maximum Gasteiger partial charge on any atom is 0.158 e. The summed E-state index contributed by atoms with van der Waals surface area (Å²) in [5.41, 5.74) is 9.13. The first kappa shape index (κ1) is 29.8. The molecule has 10 heteroatoms. The molecular weight excluding hydrogens is 622 g/mol. The molecule has 0 amide bonds. The number of nitrogens with zero attached hydrogens (tertiary/aromatic N) is 5. The number of anilines is 2. The molecule has 4 fully saturated rings. The summed E-state index contributed by atoms with van der Waals surface area (Å²) in [6.45, 7) is 12.6. The van der Waals surface area contributed by atoms with Gasteiger partial charge in [0.05, 0.1) is 20.7 Å². The second-order valence-electron chi connectivity index (χ2n) is 13.4. The van der Waals surface area contributed by atoms with Gasteiger partial charge in [0.15, 0.2) is 5.82 Å². The van der Waals surface area contributed by atoms with Gasteiger partial charge in [0.1, 0.15) is 34.0 Å². The summed E-state index contributed by atoms with van der Waals surface area (Å²) in [6, 6.07) is 5.74. The Morgan fingerprint density at radius 1 is 1.24 bits per heavy atom. The summed E-state index contributed by atoms with van der Waals surface area (Å²) in [5.74, 6) is 0.811. The Morgan fingerprint density at radius 3 is 2.70 bits per heavy atom. The molecule has 46 heavy (non-hydrogen) atoms. The molecule has 2 aromatic carbocycles. The monoisotopic (exact) mass is 656 g/mol. The Hall–Kier alpha value is -3.58. The van der Waals surface area contributed by atoms with E-state index in [2.05, 4.69) is 34.0 Å². The second-order valence-corrected chi connectivity index (χ2v) is 14.8. The molecule has 5 aliphatic rings. The Balaban J connectivity index is 0.000000297. The van der Waals surface area contributed by atoms with Gasteiger partial charge in [0.2, 0.25) is 0 Å². The van der Waals surface area contributed by atoms with Crippen LogP contribution < -0.4 is 10.6 Å². The number of nitrogen functional groups attached to an aromatic ring is 1. The van der Waals surface area contributed by atoms with Crippen molar-refractivity contribution >= 4 is 54.7 Å². The first-order valence-electron chi connectivity index (χ1n) is 16.1. The van der Waals surface area contributed by atoms with Gasteiger partial charge in [0, 0.05) is 41.5 Å². The predicted molar refractivity (Wildman–Crippen MR) is 182 cm³/mol. The summed E-state index contributed by atoms with van der Waals surface area (Å²) >= 11 is 8.03. The van der Waals surface area contributed by atoms with Crippen molar-refractivity contribution in [1.82, 2.24) is 14.9 Å². The fraction of sp³-hybridized carbons (Fsp3) is 0.417. The van der Waals surface area contributed by atoms with E-state index in [1.54, 1.807) is 0 Å². The smallest absolute Gasteiger partial charge is 0.158 e. The topological polar surface area (TPSA) is 82.1 Å². The van der Waals surface area contributed by atoms with Crippen LogP contribution in [0.5, 0.6) is 0 Å². The van der Waals surface area contributed by atoms with Crippen LogP contribution in [0.2, 0.25) is 5.02 Å². The van der Waals surface area contributed by atoms with Crippen molar-refractivity contribution in [2.24, 2.45) is 5.92 Å². The molecule has 2 aromatic heterocycles. The normalized spacial score (nSPS) is 25.9. The lowest BCUT2D eigenvalue weighted by Gasteiger charge is -2.33. The highest BCUT2D eigenvalue weighted by atomic mass is 35.5. The highest BCUT2D eigenvalue weighted by molar-refractivity contribution is 7.23. The molecule has 2 aliphatic carbocycles. The Labute approximate surface area is 276 Å². The minimum atomic E-state index is -0.596. The zero-order valence-electron chi connectivity index (χ0n) is 25.8. The average Bonchev–Trinajstić information content (AvgIpc) is 3.75. The zero-order chi connectivity index (χ0) is 32.1. The zero-order valence-corrected chi connectivity index (χ0v) is 27.4. The van der Waals surface area contributed by atoms with Gasteiger partial charge < -0.3 is 10.6 Å². The van der Waals surface area contributed by atoms with Crippen molar-refractivity contribution in [2.45, 2.75) is 75.9 Å². The van der Waals surface area contributed by atoms with Crippen LogP contribution in [0.3, 0.4) is 0 Å². The van der Waals surface area contributed by atoms with Crippen LogP contribution in [0, 0.1) is 28.9 Å². The molecule has 6 nitrogen and oxygen atoms in total. The summed E-state index contributed by atoms with van der Waals surface area (Å²) < 4.78 is 31.6. The number of hydrogen-bond donors (Lipinski definition) is 1. The number of benzene rings is 2. The number of aryl methyl sites for hydroxylation is 2. The molecule has 4 aromatic rings. The molecule has 9 rings (SSSR count). The third-order valence-electron chi connectivity index (χ3n) is 10.8. The lowest BCUT2D eigenvalue weighted by atomic mass is 9.93. The molecule has 0 bridgehead atoms. The molecule has 2 saturated carbocycles. The van der Waals surface area contributed by atoms with E-state index in [9.17, 15) is 9.65 Å². The molecule has 236 valence electrons. The molecule has 3 aliphatic heterocycles. The third-order valence-corrected chi connectivity index (χ3v) is 12.2. The van der Waals surface area contributed by atoms with Gasteiger partial charge in [0.25, 0.3) is 0 Å². The van der Waals surface area contributed by atoms with Gasteiger partial charge in [-0.2, -0.15) is 5.26 Å². The number of aromatic nitrogens is 2. The van der Waals surface area contributed by atoms with E-state index in [4.69, 9.17) is 22.3 Å². The number of halogens is 3. The van der Waals surface area contributed by atoms with Gasteiger partial charge in [-0.25, -0.2) is 18.7 Å². The Kier molecular flexibility index (Phi) is 6.95. The van der Waals surface area contributed by atoms with E-state index < -0.39 is 11.6 Å². The van der Waals surface area contributed by atoms with E-state index in [1.165, 1.54) is 50.1 Å². The van der Waals surface area contributed by atoms with Gasteiger partial charge in [-0.15, -0.1) is 17.9 Å². The maximum atomic E-state index is 16.7. The minimum Gasteiger partial charge on any atom is -0.389 e. The number of nitriles is 1. The van der Waals surface area contributed by atoms with Crippen molar-refractivity contribution in [3.63, 3.8) is 0 Å². The summed E-state index contributed by atoms with van der Waals surface area (Å²) in [4.78, 5) is 14.5. The number of rotatable bonds is 4. The van der Waals surface area contributed by atoms with Crippen LogP contribution in [0.4, 0.5) is 19.6 Å². The van der Waals surface area contributed by atoms with E-state index in [0.29, 0.717) is 35.5 Å².